The first-order valence-corrected chi connectivity index (χ1v) is 9.34. The number of benzene rings is 1. The maximum atomic E-state index is 12.9. The molecule has 4 rings (SSSR count). The number of hydrogen-bond acceptors (Lipinski definition) is 5. The van der Waals surface area contributed by atoms with Gasteiger partial charge in [-0.1, -0.05) is 12.1 Å². The van der Waals surface area contributed by atoms with Crippen LogP contribution in [0.15, 0.2) is 60.0 Å². The zero-order valence-corrected chi connectivity index (χ0v) is 15.0. The molecule has 29 heavy (non-hydrogen) atoms. The van der Waals surface area contributed by atoms with Crippen LogP contribution in [0.2, 0.25) is 0 Å². The monoisotopic (exact) mass is 426 g/mol. The van der Waals surface area contributed by atoms with E-state index in [0.717, 1.165) is 35.5 Å². The van der Waals surface area contributed by atoms with Crippen LogP contribution in [-0.2, 0) is 23.2 Å². The predicted molar refractivity (Wildman–Crippen MR) is 97.9 cm³/mol. The van der Waals surface area contributed by atoms with E-state index in [1.54, 1.807) is 0 Å². The lowest BCUT2D eigenvalue weighted by Gasteiger charge is -2.09. The number of nitrogens with one attached hydrogen (secondary N) is 1. The van der Waals surface area contributed by atoms with E-state index in [1.807, 2.05) is 0 Å². The van der Waals surface area contributed by atoms with E-state index in [1.165, 1.54) is 12.1 Å². The van der Waals surface area contributed by atoms with Gasteiger partial charge in [-0.2, -0.15) is 23.4 Å². The Labute approximate surface area is 168 Å². The van der Waals surface area contributed by atoms with Crippen molar-refractivity contribution >= 4 is 26.6 Å². The highest BCUT2D eigenvalue weighted by atomic mass is 32.2. The summed E-state index contributed by atoms with van der Waals surface area (Å²) in [5.41, 5.74) is -1.26. The number of nitrogens with zero attached hydrogens (tertiary/aromatic N) is 5. The lowest BCUT2D eigenvalue weighted by molar-refractivity contribution is -0.137. The molecule has 0 fully saturated rings. The van der Waals surface area contributed by atoms with E-state index < -0.39 is 33.6 Å². The molecule has 0 radical (unpaired) electrons. The summed E-state index contributed by atoms with van der Waals surface area (Å²) in [6, 6.07) is 3.89. The third kappa shape index (κ3) is 3.53. The molecule has 3 aromatic heterocycles. The van der Waals surface area contributed by atoms with Gasteiger partial charge in [0.25, 0.3) is 10.0 Å². The number of alkyl halides is 3. The summed E-state index contributed by atoms with van der Waals surface area (Å²) in [7, 11) is -4.35. The molecule has 4 aromatic rings. The van der Waals surface area contributed by atoms with Crippen LogP contribution in [0, 0.1) is 0 Å². The summed E-state index contributed by atoms with van der Waals surface area (Å²) in [5.74, 6) is -0.257. The quantitative estimate of drug-likeness (QED) is 0.541. The molecule has 0 atom stereocenters. The molecule has 8 nitrogen and oxygen atoms in total. The average Bonchev–Trinajstić information content (AvgIpc) is 3.38. The number of para-hydroxylation sites is 1. The van der Waals surface area contributed by atoms with Gasteiger partial charge in [-0.3, -0.25) is 9.40 Å². The lowest BCUT2D eigenvalue weighted by atomic mass is 10.2. The first-order chi connectivity index (χ1) is 15.3. The molecule has 0 aliphatic carbocycles. The van der Waals surface area contributed by atoms with E-state index in [4.69, 9.17) is 5.48 Å². The Morgan fingerprint density at radius 2 is 2.07 bits per heavy atom. The molecule has 3 heterocycles. The van der Waals surface area contributed by atoms with E-state index >= 15 is 0 Å². The van der Waals surface area contributed by atoms with Crippen molar-refractivity contribution in [1.82, 2.24) is 24.5 Å². The van der Waals surface area contributed by atoms with Crippen molar-refractivity contribution in [1.29, 1.82) is 0 Å². The number of pyridine rings is 1. The molecule has 0 unspecified atom stereocenters. The van der Waals surface area contributed by atoms with Crippen molar-refractivity contribution in [2.45, 2.75) is 11.1 Å². The fourth-order valence-corrected chi connectivity index (χ4v) is 3.58. The minimum absolute atomic E-state index is 0.0631. The molecule has 0 aliphatic rings. The second-order valence-electron chi connectivity index (χ2n) is 5.84. The molecular formula is C17H13F3N6O2S. The van der Waals surface area contributed by atoms with Crippen LogP contribution in [0.5, 0.6) is 0 Å². The Kier molecular flexibility index (Phi) is 3.31. The van der Waals surface area contributed by atoms with Crippen LogP contribution in [0.25, 0.3) is 16.7 Å². The van der Waals surface area contributed by atoms with Crippen LogP contribution in [0.4, 0.5) is 18.9 Å². The number of aromatic nitrogens is 5. The molecule has 0 saturated heterocycles. The molecule has 12 heteroatoms. The molecule has 0 bridgehead atoms. The second-order valence-corrected chi connectivity index (χ2v) is 7.52. The first kappa shape index (κ1) is 14.6. The first-order valence-electron chi connectivity index (χ1n) is 9.86. The van der Waals surface area contributed by atoms with Gasteiger partial charge in [0.2, 0.25) is 0 Å². The molecule has 1 aromatic carbocycles. The summed E-state index contributed by atoms with van der Waals surface area (Å²) in [6.45, 7) is -2.74. The van der Waals surface area contributed by atoms with Crippen molar-refractivity contribution in [2.75, 3.05) is 4.72 Å². The normalized spacial score (nSPS) is 14.9. The molecule has 0 spiro atoms. The van der Waals surface area contributed by atoms with Gasteiger partial charge >= 0.3 is 6.18 Å². The van der Waals surface area contributed by atoms with Crippen molar-refractivity contribution in [3.63, 3.8) is 0 Å². The van der Waals surface area contributed by atoms with Crippen LogP contribution in [0.3, 0.4) is 0 Å². The predicted octanol–water partition coefficient (Wildman–Crippen LogP) is 2.97. The molecule has 0 amide bonds. The summed E-state index contributed by atoms with van der Waals surface area (Å²) in [4.78, 5) is 3.36. The zero-order valence-electron chi connectivity index (χ0n) is 18.2. The Morgan fingerprint density at radius 3 is 2.83 bits per heavy atom. The van der Waals surface area contributed by atoms with Crippen molar-refractivity contribution < 1.29 is 27.1 Å². The van der Waals surface area contributed by atoms with E-state index in [2.05, 4.69) is 19.9 Å². The topological polar surface area (TPSA) is 94.7 Å². The van der Waals surface area contributed by atoms with Gasteiger partial charge in [-0.15, -0.1) is 0 Å². The fraction of sp³-hybridized carbons (Fsp3) is 0.118. The number of halogens is 3. The van der Waals surface area contributed by atoms with Gasteiger partial charge in [0.15, 0.2) is 5.82 Å². The highest BCUT2D eigenvalue weighted by Crippen LogP contribution is 2.30. The zero-order chi connectivity index (χ0) is 24.2. The average molecular weight is 426 g/mol. The van der Waals surface area contributed by atoms with E-state index in [0.29, 0.717) is 10.7 Å². The Morgan fingerprint density at radius 1 is 1.24 bits per heavy atom. The SMILES string of the molecule is [2H]c1ccc(NS(=O)(=O)c2cnn(-c3cc(C(F)(F)F)ccn3)c2)c2c1cnn2C([2H])([2H])[2H]. The minimum atomic E-state index is -4.62. The van der Waals surface area contributed by atoms with Gasteiger partial charge in [0.05, 0.1) is 36.7 Å². The van der Waals surface area contributed by atoms with E-state index in [-0.39, 0.29) is 28.5 Å². The largest absolute Gasteiger partial charge is 0.416 e. The number of rotatable bonds is 4. The standard InChI is InChI=1S/C17H13F3N6O2S/c1-25-16-11(8-22-25)3-2-4-14(16)24-29(27,28)13-9-23-26(10-13)15-7-12(5-6-21-15)17(18,19)20/h2-10,24H,1H3/i1D3,3D. The number of aryl methyl sites for hydroxylation is 1. The summed E-state index contributed by atoms with van der Waals surface area (Å²) in [5, 5.41) is 7.62. The fourth-order valence-electron chi connectivity index (χ4n) is 2.58. The van der Waals surface area contributed by atoms with Crippen LogP contribution < -0.4 is 4.72 Å². The van der Waals surface area contributed by atoms with Crippen LogP contribution in [-0.4, -0.2) is 33.0 Å². The van der Waals surface area contributed by atoms with E-state index in [9.17, 15) is 21.6 Å². The number of fused-ring (bicyclic) bond motifs is 1. The third-order valence-electron chi connectivity index (χ3n) is 3.93. The van der Waals surface area contributed by atoms with Crippen LogP contribution in [0.1, 0.15) is 11.0 Å². The highest BCUT2D eigenvalue weighted by Gasteiger charge is 2.31. The number of anilines is 1. The van der Waals surface area contributed by atoms with Gasteiger partial charge in [0, 0.05) is 22.7 Å². The lowest BCUT2D eigenvalue weighted by Crippen LogP contribution is -2.13. The maximum Gasteiger partial charge on any atom is 0.416 e. The van der Waals surface area contributed by atoms with Crippen molar-refractivity contribution in [3.05, 3.63) is 60.7 Å². The number of sulfonamides is 1. The Hall–Kier alpha value is -3.41. The minimum Gasteiger partial charge on any atom is -0.277 e. The molecule has 1 N–H and O–H groups in total. The van der Waals surface area contributed by atoms with Crippen molar-refractivity contribution in [3.8, 4) is 5.82 Å². The molecular weight excluding hydrogens is 409 g/mol. The van der Waals surface area contributed by atoms with Gasteiger partial charge in [0.1, 0.15) is 4.90 Å². The van der Waals surface area contributed by atoms with Crippen LogP contribution >= 0.6 is 0 Å². The van der Waals surface area contributed by atoms with Crippen molar-refractivity contribution in [2.24, 2.45) is 6.98 Å². The Balaban J connectivity index is 1.72. The third-order valence-corrected chi connectivity index (χ3v) is 5.25. The van der Waals surface area contributed by atoms with Gasteiger partial charge in [-0.25, -0.2) is 18.1 Å². The summed E-state index contributed by atoms with van der Waals surface area (Å²) in [6.07, 6.45) is -0.702. The smallest absolute Gasteiger partial charge is 0.277 e. The maximum absolute atomic E-state index is 12.9. The Bertz CT molecular complexity index is 1460. The second kappa shape index (κ2) is 6.58. The highest BCUT2D eigenvalue weighted by molar-refractivity contribution is 7.92. The molecule has 0 aliphatic heterocycles. The summed E-state index contributed by atoms with van der Waals surface area (Å²) >= 11 is 0. The molecule has 0 saturated carbocycles. The van der Waals surface area contributed by atoms with Gasteiger partial charge < -0.3 is 0 Å². The molecule has 150 valence electrons. The van der Waals surface area contributed by atoms with Gasteiger partial charge in [-0.05, 0) is 18.2 Å². The summed E-state index contributed by atoms with van der Waals surface area (Å²) < 4.78 is 99.0. The number of hydrogen-bond donors (Lipinski definition) is 1.